The minimum absolute atomic E-state index is 0.0371. The van der Waals surface area contributed by atoms with E-state index in [-0.39, 0.29) is 37.5 Å². The summed E-state index contributed by atoms with van der Waals surface area (Å²) in [6.45, 7) is 3.28. The summed E-state index contributed by atoms with van der Waals surface area (Å²) in [6.07, 6.45) is 8.03. The second-order valence-corrected chi connectivity index (χ2v) is 10.1. The third-order valence-corrected chi connectivity index (χ3v) is 7.57. The van der Waals surface area contributed by atoms with Crippen LogP contribution < -0.4 is 5.32 Å². The normalized spacial score (nSPS) is 20.3. The summed E-state index contributed by atoms with van der Waals surface area (Å²) in [6, 6.07) is 12.8. The van der Waals surface area contributed by atoms with Crippen LogP contribution in [0, 0.1) is 12.3 Å². The van der Waals surface area contributed by atoms with Crippen molar-refractivity contribution in [2.24, 2.45) is 0 Å². The van der Waals surface area contributed by atoms with E-state index in [1.54, 1.807) is 26.3 Å². The van der Waals surface area contributed by atoms with Crippen molar-refractivity contribution in [3.8, 4) is 12.3 Å². The average molecular weight is 508 g/mol. The number of urea groups is 1. The van der Waals surface area contributed by atoms with Gasteiger partial charge in [0, 0.05) is 18.0 Å². The topological polar surface area (TPSA) is 76.2 Å². The highest BCUT2D eigenvalue weighted by Gasteiger charge is 2.50. The highest BCUT2D eigenvalue weighted by atomic mass is 32.1. The third kappa shape index (κ3) is 5.72. The van der Waals surface area contributed by atoms with Crippen molar-refractivity contribution in [3.63, 3.8) is 0 Å². The van der Waals surface area contributed by atoms with Crippen molar-refractivity contribution in [1.29, 1.82) is 0 Å². The number of hydrazine groups is 1. The molecule has 2 aromatic rings. The molecule has 2 saturated heterocycles. The van der Waals surface area contributed by atoms with E-state index in [4.69, 9.17) is 6.42 Å². The number of nitrogens with one attached hydrogen (secondary N) is 1. The molecule has 2 aliphatic heterocycles. The Hall–Kier alpha value is -3.35. The molecule has 3 heterocycles. The summed E-state index contributed by atoms with van der Waals surface area (Å²) < 4.78 is 0. The first kappa shape index (κ1) is 25.7. The van der Waals surface area contributed by atoms with Crippen molar-refractivity contribution in [2.45, 2.75) is 51.4 Å². The molecule has 0 radical (unpaired) electrons. The van der Waals surface area contributed by atoms with E-state index in [9.17, 15) is 14.4 Å². The fourth-order valence-electron chi connectivity index (χ4n) is 4.87. The lowest BCUT2D eigenvalue weighted by Gasteiger charge is -2.55. The van der Waals surface area contributed by atoms with Crippen LogP contribution >= 0.6 is 11.3 Å². The van der Waals surface area contributed by atoms with Crippen LogP contribution in [0.15, 0.2) is 47.8 Å². The van der Waals surface area contributed by atoms with E-state index in [0.717, 1.165) is 24.8 Å². The second-order valence-electron chi connectivity index (χ2n) is 9.07. The first-order valence-corrected chi connectivity index (χ1v) is 13.3. The monoisotopic (exact) mass is 507 g/mol. The van der Waals surface area contributed by atoms with Gasteiger partial charge < -0.3 is 15.1 Å². The van der Waals surface area contributed by atoms with Gasteiger partial charge in [0.15, 0.2) is 0 Å². The van der Waals surface area contributed by atoms with E-state index in [2.05, 4.69) is 24.2 Å². The van der Waals surface area contributed by atoms with Gasteiger partial charge in [-0.05, 0) is 29.9 Å². The first-order chi connectivity index (χ1) is 17.5. The zero-order valence-electron chi connectivity index (χ0n) is 20.6. The van der Waals surface area contributed by atoms with Gasteiger partial charge in [0.25, 0.3) is 0 Å². The number of carbonyl (C=O) groups excluding carboxylic acids is 3. The first-order valence-electron chi connectivity index (χ1n) is 12.4. The summed E-state index contributed by atoms with van der Waals surface area (Å²) in [7, 11) is 0. The molecule has 4 amide bonds. The number of fused-ring (bicyclic) bond motifs is 1. The van der Waals surface area contributed by atoms with Crippen molar-refractivity contribution in [1.82, 2.24) is 25.1 Å². The highest BCUT2D eigenvalue weighted by Crippen LogP contribution is 2.29. The van der Waals surface area contributed by atoms with Gasteiger partial charge in [-0.25, -0.2) is 9.80 Å². The molecule has 1 N–H and O–H groups in total. The molecule has 4 rings (SSSR count). The van der Waals surface area contributed by atoms with Gasteiger partial charge >= 0.3 is 6.03 Å². The van der Waals surface area contributed by atoms with Crippen LogP contribution in [-0.2, 0) is 22.6 Å². The third-order valence-electron chi connectivity index (χ3n) is 6.64. The smallest absolute Gasteiger partial charge is 0.334 e. The zero-order valence-corrected chi connectivity index (χ0v) is 21.5. The van der Waals surface area contributed by atoms with Crippen LogP contribution in [0.3, 0.4) is 0 Å². The summed E-state index contributed by atoms with van der Waals surface area (Å²) in [5.74, 6) is 2.36. The Kier molecular flexibility index (Phi) is 8.62. The molecule has 190 valence electrons. The fourth-order valence-corrected chi connectivity index (χ4v) is 5.57. The molecule has 9 heteroatoms. The Morgan fingerprint density at radius 2 is 2.00 bits per heavy atom. The number of hydrogen-bond acceptors (Lipinski definition) is 5. The minimum atomic E-state index is -0.613. The van der Waals surface area contributed by atoms with Gasteiger partial charge in [0.1, 0.15) is 12.2 Å². The maximum Gasteiger partial charge on any atom is 0.334 e. The van der Waals surface area contributed by atoms with Crippen LogP contribution in [0.5, 0.6) is 0 Å². The number of carbonyl (C=O) groups is 3. The molecule has 0 spiro atoms. The van der Waals surface area contributed by atoms with E-state index in [1.807, 2.05) is 46.7 Å². The molecule has 8 nitrogen and oxygen atoms in total. The van der Waals surface area contributed by atoms with Gasteiger partial charge in [0.05, 0.1) is 19.6 Å². The van der Waals surface area contributed by atoms with Crippen LogP contribution in [0.2, 0.25) is 0 Å². The SMILES string of the molecule is C#CCN1CC(=O)N2[C@@H](CCCC)C(=O)N(CCc3cccs3)C[C@@H]2N1C(=O)NCc1ccccc1. The molecule has 2 aliphatic rings. The Bertz CT molecular complexity index is 1080. The number of nitrogens with zero attached hydrogens (tertiary/aromatic N) is 4. The van der Waals surface area contributed by atoms with E-state index in [1.165, 1.54) is 4.88 Å². The summed E-state index contributed by atoms with van der Waals surface area (Å²) in [5.41, 5.74) is 0.969. The number of piperazine rings is 1. The maximum absolute atomic E-state index is 13.6. The molecular formula is C27H33N5O3S. The van der Waals surface area contributed by atoms with Crippen LogP contribution in [-0.4, -0.2) is 76.0 Å². The quantitative estimate of drug-likeness (QED) is 0.530. The van der Waals surface area contributed by atoms with Crippen molar-refractivity contribution in [3.05, 3.63) is 58.3 Å². The van der Waals surface area contributed by atoms with Crippen LogP contribution in [0.4, 0.5) is 4.79 Å². The van der Waals surface area contributed by atoms with Crippen molar-refractivity contribution in [2.75, 3.05) is 26.2 Å². The maximum atomic E-state index is 13.6. The number of terminal acetylenes is 1. The van der Waals surface area contributed by atoms with Gasteiger partial charge in [-0.1, -0.05) is 62.1 Å². The average Bonchev–Trinajstić information content (AvgIpc) is 3.40. The lowest BCUT2D eigenvalue weighted by Crippen LogP contribution is -2.76. The molecule has 1 aromatic heterocycles. The zero-order chi connectivity index (χ0) is 25.5. The predicted octanol–water partition coefficient (Wildman–Crippen LogP) is 2.92. The standard InChI is InChI=1S/C27H33N5O3S/c1-3-5-13-23-26(34)29(16-14-22-12-9-17-36-22)19-24-31(23)25(33)20-30(15-4-2)32(24)27(35)28-18-21-10-7-6-8-11-21/h2,6-12,17,23-24H,3,5,13-16,18-20H2,1H3,(H,28,35)/t23-,24-/m0/s1. The molecule has 0 unspecified atom stereocenters. The van der Waals surface area contributed by atoms with Gasteiger partial charge in [0.2, 0.25) is 11.8 Å². The number of unbranched alkanes of at least 4 members (excludes halogenated alkanes) is 1. The molecule has 36 heavy (non-hydrogen) atoms. The number of benzene rings is 1. The Balaban J connectivity index is 1.60. The van der Waals surface area contributed by atoms with Gasteiger partial charge in [-0.15, -0.1) is 17.8 Å². The van der Waals surface area contributed by atoms with Crippen LogP contribution in [0.1, 0.15) is 36.6 Å². The lowest BCUT2D eigenvalue weighted by molar-refractivity contribution is -0.189. The summed E-state index contributed by atoms with van der Waals surface area (Å²) in [4.78, 5) is 45.1. The number of rotatable bonds is 9. The second kappa shape index (κ2) is 12.1. The summed E-state index contributed by atoms with van der Waals surface area (Å²) >= 11 is 1.66. The Morgan fingerprint density at radius 3 is 2.69 bits per heavy atom. The number of amides is 4. The van der Waals surface area contributed by atoms with E-state index >= 15 is 0 Å². The predicted molar refractivity (Wildman–Crippen MR) is 139 cm³/mol. The largest absolute Gasteiger partial charge is 0.337 e. The summed E-state index contributed by atoms with van der Waals surface area (Å²) in [5, 5.41) is 8.19. The number of thiophene rings is 1. The molecule has 2 atom stereocenters. The minimum Gasteiger partial charge on any atom is -0.337 e. The molecule has 2 fully saturated rings. The Labute approximate surface area is 216 Å². The van der Waals surface area contributed by atoms with E-state index in [0.29, 0.717) is 19.5 Å². The molecular weight excluding hydrogens is 474 g/mol. The van der Waals surface area contributed by atoms with E-state index < -0.39 is 12.2 Å². The highest BCUT2D eigenvalue weighted by molar-refractivity contribution is 7.09. The lowest BCUT2D eigenvalue weighted by atomic mass is 10.0. The van der Waals surface area contributed by atoms with Crippen molar-refractivity contribution < 1.29 is 14.4 Å². The molecule has 0 saturated carbocycles. The van der Waals surface area contributed by atoms with Gasteiger partial charge in [-0.3, -0.25) is 9.59 Å². The molecule has 1 aromatic carbocycles. The van der Waals surface area contributed by atoms with Gasteiger partial charge in [-0.2, -0.15) is 5.01 Å². The van der Waals surface area contributed by atoms with Crippen molar-refractivity contribution >= 4 is 29.2 Å². The fraction of sp³-hybridized carbons (Fsp3) is 0.444. The number of hydrogen-bond donors (Lipinski definition) is 1. The van der Waals surface area contributed by atoms with Crippen LogP contribution in [0.25, 0.3) is 0 Å². The molecule has 0 bridgehead atoms. The molecule has 0 aliphatic carbocycles. The Morgan fingerprint density at radius 1 is 1.19 bits per heavy atom.